The van der Waals surface area contributed by atoms with Gasteiger partial charge in [-0.25, -0.2) is 4.79 Å². The van der Waals surface area contributed by atoms with Crippen LogP contribution < -0.4 is 42.5 Å². The first-order valence-electron chi connectivity index (χ1n) is 26.4. The standard InChI is InChI=1S/C56H77N9O10S2/c1-7-35(4)48(55(72)59-42(25-28-77(6)75)50(67)61-44(29-34(2)3)51(68)60-43(56(73)74)24-27-76-5)65-54(71)47(32-38-33-58-40-22-15-14-21-39(38)40)64-53(70)46(31-37-19-12-9-13-20-37)63-52(69)45(30-36-17-10-8-11-18-36)62-49(66)41-23-16-26-57-41/h8-15,17-22,33-35,41-48,57-58H,7,16,23-32H2,1-6H3,(H,59,72)(H,60,68)(H,61,67)(H,62,66)(H,63,69)(H,64,70)(H,65,71)(H,73,74)/t35-,41-,42-,43-,44-,45-,46-,47-,48-,77?/m0/s1. The number of carboxylic acid groups (broad SMARTS) is 1. The lowest BCUT2D eigenvalue weighted by Crippen LogP contribution is -2.61. The van der Waals surface area contributed by atoms with Crippen molar-refractivity contribution in [1.29, 1.82) is 0 Å². The highest BCUT2D eigenvalue weighted by Gasteiger charge is 2.37. The van der Waals surface area contributed by atoms with E-state index in [1.807, 2.05) is 87.7 Å². The third-order valence-electron chi connectivity index (χ3n) is 13.6. The number of hydrogen-bond acceptors (Lipinski definition) is 11. The highest BCUT2D eigenvalue weighted by atomic mass is 32.2. The minimum Gasteiger partial charge on any atom is -0.480 e. The van der Waals surface area contributed by atoms with E-state index in [0.717, 1.165) is 22.9 Å². The molecule has 3 aromatic carbocycles. The quantitative estimate of drug-likeness (QED) is 0.0348. The van der Waals surface area contributed by atoms with Crippen LogP contribution in [0, 0.1) is 11.8 Å². The molecule has 1 fully saturated rings. The van der Waals surface area contributed by atoms with Crippen molar-refractivity contribution in [2.75, 3.05) is 30.6 Å². The molecule has 7 amide bonds. The predicted molar refractivity (Wildman–Crippen MR) is 300 cm³/mol. The summed E-state index contributed by atoms with van der Waals surface area (Å²) < 4.78 is 12.4. The molecule has 1 aromatic heterocycles. The van der Waals surface area contributed by atoms with Gasteiger partial charge in [-0.1, -0.05) is 113 Å². The van der Waals surface area contributed by atoms with Gasteiger partial charge >= 0.3 is 5.97 Å². The van der Waals surface area contributed by atoms with Crippen molar-refractivity contribution in [1.82, 2.24) is 47.5 Å². The summed E-state index contributed by atoms with van der Waals surface area (Å²) >= 11 is 1.42. The van der Waals surface area contributed by atoms with Crippen LogP contribution in [-0.4, -0.2) is 141 Å². The Hall–Kier alpha value is -6.58. The van der Waals surface area contributed by atoms with Crippen LogP contribution in [0.4, 0.5) is 0 Å². The minimum atomic E-state index is -1.41. The molecule has 1 saturated heterocycles. The Labute approximate surface area is 458 Å². The van der Waals surface area contributed by atoms with Crippen molar-refractivity contribution in [2.24, 2.45) is 11.8 Å². The molecule has 418 valence electrons. The number of amides is 7. The number of carbonyl (C=O) groups excluding carboxylic acids is 7. The first kappa shape index (κ1) is 61.3. The monoisotopic (exact) mass is 1100 g/mol. The Bertz CT molecular complexity index is 2630. The summed E-state index contributed by atoms with van der Waals surface area (Å²) in [7, 11) is -1.41. The van der Waals surface area contributed by atoms with E-state index in [-0.39, 0.29) is 56.1 Å². The average molecular weight is 1100 g/mol. The summed E-state index contributed by atoms with van der Waals surface area (Å²) in [5.41, 5.74) is 2.94. The fourth-order valence-corrected chi connectivity index (χ4v) is 10.1. The molecule has 0 bridgehead atoms. The number of carbonyl (C=O) groups is 8. The molecule has 10 N–H and O–H groups in total. The van der Waals surface area contributed by atoms with E-state index in [0.29, 0.717) is 36.3 Å². The first-order valence-corrected chi connectivity index (χ1v) is 29.5. The zero-order chi connectivity index (χ0) is 56.0. The number of aromatic nitrogens is 1. The van der Waals surface area contributed by atoms with Crippen LogP contribution in [0.15, 0.2) is 91.1 Å². The number of carboxylic acids is 1. The van der Waals surface area contributed by atoms with E-state index in [4.69, 9.17) is 0 Å². The largest absolute Gasteiger partial charge is 0.480 e. The van der Waals surface area contributed by atoms with Crippen molar-refractivity contribution >= 4 is 80.8 Å². The molecule has 10 atom stereocenters. The summed E-state index contributed by atoms with van der Waals surface area (Å²) in [5.74, 6) is -6.06. The van der Waals surface area contributed by atoms with Crippen LogP contribution in [0.2, 0.25) is 0 Å². The lowest BCUT2D eigenvalue weighted by Gasteiger charge is -2.30. The van der Waals surface area contributed by atoms with Crippen molar-refractivity contribution in [3.05, 3.63) is 108 Å². The summed E-state index contributed by atoms with van der Waals surface area (Å²) in [6.07, 6.45) is 7.06. The third-order valence-corrected chi connectivity index (χ3v) is 15.1. The summed E-state index contributed by atoms with van der Waals surface area (Å²) in [4.78, 5) is 115. The van der Waals surface area contributed by atoms with Crippen molar-refractivity contribution in [2.45, 2.75) is 134 Å². The summed E-state index contributed by atoms with van der Waals surface area (Å²) in [6, 6.07) is 16.5. The third kappa shape index (κ3) is 19.4. The zero-order valence-corrected chi connectivity index (χ0v) is 46.5. The van der Waals surface area contributed by atoms with Crippen LogP contribution >= 0.6 is 11.8 Å². The zero-order valence-electron chi connectivity index (χ0n) is 44.9. The van der Waals surface area contributed by atoms with Gasteiger partial charge in [0.2, 0.25) is 41.4 Å². The Balaban J connectivity index is 1.44. The number of fused-ring (bicyclic) bond motifs is 1. The predicted octanol–water partition coefficient (Wildman–Crippen LogP) is 3.04. The molecule has 2 heterocycles. The van der Waals surface area contributed by atoms with Crippen molar-refractivity contribution in [3.63, 3.8) is 0 Å². The fourth-order valence-electron chi connectivity index (χ4n) is 9.08. The normalized spacial score (nSPS) is 16.8. The van der Waals surface area contributed by atoms with Gasteiger partial charge in [0.05, 0.1) is 6.04 Å². The van der Waals surface area contributed by atoms with Gasteiger partial charge in [0, 0.05) is 59.2 Å². The van der Waals surface area contributed by atoms with Gasteiger partial charge in [-0.15, -0.1) is 0 Å². The second kappa shape index (κ2) is 31.0. The van der Waals surface area contributed by atoms with Crippen LogP contribution in [-0.2, 0) is 68.4 Å². The molecule has 0 saturated carbocycles. The molecule has 21 heteroatoms. The topological polar surface area (TPSA) is 286 Å². The van der Waals surface area contributed by atoms with Crippen LogP contribution in [0.1, 0.15) is 82.9 Å². The molecule has 1 aliphatic rings. The molecule has 19 nitrogen and oxygen atoms in total. The molecule has 5 rings (SSSR count). The summed E-state index contributed by atoms with van der Waals surface area (Å²) in [5, 5.41) is 33.4. The molecule has 77 heavy (non-hydrogen) atoms. The Kier molecular flexibility index (Phi) is 24.7. The van der Waals surface area contributed by atoms with Gasteiger partial charge in [0.25, 0.3) is 0 Å². The number of thioether (sulfide) groups is 1. The smallest absolute Gasteiger partial charge is 0.326 e. The Morgan fingerprint density at radius 3 is 1.73 bits per heavy atom. The van der Waals surface area contributed by atoms with E-state index < -0.39 is 106 Å². The molecule has 0 spiro atoms. The second-order valence-corrected chi connectivity index (χ2v) is 22.7. The highest BCUT2D eigenvalue weighted by molar-refractivity contribution is 7.98. The second-order valence-electron chi connectivity index (χ2n) is 20.1. The number of nitrogens with one attached hydrogen (secondary N) is 9. The highest BCUT2D eigenvalue weighted by Crippen LogP contribution is 2.21. The number of hydrogen-bond donors (Lipinski definition) is 10. The van der Waals surface area contributed by atoms with Crippen LogP contribution in [0.5, 0.6) is 0 Å². The van der Waals surface area contributed by atoms with Gasteiger partial charge in [-0.05, 0) is 85.3 Å². The average Bonchev–Trinajstić information content (AvgIpc) is 4.11. The summed E-state index contributed by atoms with van der Waals surface area (Å²) in [6.45, 7) is 7.90. The van der Waals surface area contributed by atoms with E-state index >= 15 is 0 Å². The number of aromatic amines is 1. The lowest BCUT2D eigenvalue weighted by molar-refractivity contribution is -0.142. The van der Waals surface area contributed by atoms with Crippen LogP contribution in [0.3, 0.4) is 0 Å². The van der Waals surface area contributed by atoms with Gasteiger partial charge < -0.3 is 52.6 Å². The maximum absolute atomic E-state index is 14.9. The van der Waals surface area contributed by atoms with E-state index in [1.165, 1.54) is 18.0 Å². The Morgan fingerprint density at radius 1 is 0.649 bits per heavy atom. The number of H-pyrrole nitrogens is 1. The van der Waals surface area contributed by atoms with Gasteiger partial charge in [-0.2, -0.15) is 11.8 Å². The van der Waals surface area contributed by atoms with E-state index in [9.17, 15) is 47.7 Å². The molecule has 0 radical (unpaired) electrons. The number of para-hydroxylation sites is 1. The number of rotatable bonds is 31. The Morgan fingerprint density at radius 2 is 1.17 bits per heavy atom. The van der Waals surface area contributed by atoms with Gasteiger partial charge in [-0.3, -0.25) is 37.8 Å². The molecule has 4 aromatic rings. The number of aliphatic carboxylic acids is 1. The first-order chi connectivity index (χ1) is 36.9. The molecular formula is C56H77N9O10S2. The van der Waals surface area contributed by atoms with E-state index in [2.05, 4.69) is 47.5 Å². The molecule has 1 unspecified atom stereocenters. The maximum atomic E-state index is 14.9. The van der Waals surface area contributed by atoms with Gasteiger partial charge in [0.15, 0.2) is 0 Å². The number of benzene rings is 3. The van der Waals surface area contributed by atoms with E-state index in [1.54, 1.807) is 37.4 Å². The minimum absolute atomic E-state index is 0.00789. The van der Waals surface area contributed by atoms with Gasteiger partial charge in [0.1, 0.15) is 42.3 Å². The molecular weight excluding hydrogens is 1020 g/mol. The van der Waals surface area contributed by atoms with Crippen molar-refractivity contribution in [3.8, 4) is 0 Å². The SMILES string of the molecule is CC[C@H](C)[C@H](NC(=O)[C@H](Cc1c[nH]c2ccccc12)NC(=O)[C@H](Cc1ccccc1)NC(=O)[C@H](Cc1ccccc1)NC(=O)[C@@H]1CCCN1)C(=O)N[C@@H](CCS(C)=O)C(=O)N[C@@H](CC(C)C)C(=O)N[C@@H](CCSC)C(=O)O. The lowest BCUT2D eigenvalue weighted by atomic mass is 9.96. The van der Waals surface area contributed by atoms with Crippen molar-refractivity contribution < 1.29 is 47.7 Å². The van der Waals surface area contributed by atoms with Crippen LogP contribution in [0.25, 0.3) is 10.9 Å². The molecule has 0 aliphatic carbocycles. The molecule has 1 aliphatic heterocycles. The fraction of sp³-hybridized carbons (Fsp3) is 0.500. The maximum Gasteiger partial charge on any atom is 0.326 e.